The van der Waals surface area contributed by atoms with Gasteiger partial charge in [-0.2, -0.15) is 0 Å². The molecule has 2 heteroatoms. The molecule has 1 unspecified atom stereocenters. The van der Waals surface area contributed by atoms with Crippen LogP contribution in [0.2, 0.25) is 0 Å². The lowest BCUT2D eigenvalue weighted by Crippen LogP contribution is -2.30. The molecule has 0 amide bonds. The summed E-state index contributed by atoms with van der Waals surface area (Å²) in [5.41, 5.74) is 0.250. The van der Waals surface area contributed by atoms with Crippen molar-refractivity contribution in [1.29, 1.82) is 0 Å². The third-order valence-electron chi connectivity index (χ3n) is 3.52. The van der Waals surface area contributed by atoms with Crippen LogP contribution in [0.25, 0.3) is 0 Å². The maximum atomic E-state index is 5.63. The van der Waals surface area contributed by atoms with E-state index < -0.39 is 0 Å². The van der Waals surface area contributed by atoms with Crippen LogP contribution in [0, 0.1) is 11.3 Å². The number of ether oxygens (including phenoxy) is 1. The molecule has 1 aromatic rings. The lowest BCUT2D eigenvalue weighted by molar-refractivity contribution is 0.0376. The average molecular weight is 222 g/mol. The quantitative estimate of drug-likeness (QED) is 0.758. The SMILES string of the molecule is CC(C)(C)C(c1ccco1)C1CCOCC1. The molecule has 1 atom stereocenters. The van der Waals surface area contributed by atoms with Gasteiger partial charge in [-0.05, 0) is 36.3 Å². The second-order valence-electron chi connectivity index (χ2n) is 5.81. The van der Waals surface area contributed by atoms with E-state index in [2.05, 4.69) is 26.8 Å². The highest BCUT2D eigenvalue weighted by molar-refractivity contribution is 5.11. The van der Waals surface area contributed by atoms with Crippen molar-refractivity contribution >= 4 is 0 Å². The average Bonchev–Trinajstić information content (AvgIpc) is 2.71. The Hall–Kier alpha value is -0.760. The van der Waals surface area contributed by atoms with Gasteiger partial charge in [0.25, 0.3) is 0 Å². The third-order valence-corrected chi connectivity index (χ3v) is 3.52. The van der Waals surface area contributed by atoms with E-state index in [1.165, 1.54) is 0 Å². The van der Waals surface area contributed by atoms with E-state index in [0.717, 1.165) is 31.8 Å². The van der Waals surface area contributed by atoms with E-state index in [-0.39, 0.29) is 5.41 Å². The first-order valence-corrected chi connectivity index (χ1v) is 6.20. The zero-order valence-electron chi connectivity index (χ0n) is 10.5. The van der Waals surface area contributed by atoms with Gasteiger partial charge < -0.3 is 9.15 Å². The van der Waals surface area contributed by atoms with Crippen molar-refractivity contribution in [2.75, 3.05) is 13.2 Å². The van der Waals surface area contributed by atoms with Crippen molar-refractivity contribution < 1.29 is 9.15 Å². The Bertz CT molecular complexity index is 302. The first-order chi connectivity index (χ1) is 7.59. The van der Waals surface area contributed by atoms with Crippen molar-refractivity contribution in [2.24, 2.45) is 11.3 Å². The van der Waals surface area contributed by atoms with Crippen LogP contribution in [0.4, 0.5) is 0 Å². The Morgan fingerprint density at radius 2 is 1.94 bits per heavy atom. The van der Waals surface area contributed by atoms with Gasteiger partial charge in [0, 0.05) is 19.1 Å². The Balaban J connectivity index is 2.21. The lowest BCUT2D eigenvalue weighted by Gasteiger charge is -2.37. The minimum absolute atomic E-state index is 0.250. The van der Waals surface area contributed by atoms with Crippen molar-refractivity contribution in [1.82, 2.24) is 0 Å². The molecular weight excluding hydrogens is 200 g/mol. The van der Waals surface area contributed by atoms with Crippen molar-refractivity contribution in [3.8, 4) is 0 Å². The predicted octanol–water partition coefficient (Wildman–Crippen LogP) is 3.84. The molecule has 1 saturated heterocycles. The summed E-state index contributed by atoms with van der Waals surface area (Å²) in [6, 6.07) is 4.11. The zero-order chi connectivity index (χ0) is 11.6. The van der Waals surface area contributed by atoms with Gasteiger partial charge in [0.15, 0.2) is 0 Å². The van der Waals surface area contributed by atoms with Crippen LogP contribution in [0.1, 0.15) is 45.3 Å². The van der Waals surface area contributed by atoms with Gasteiger partial charge in [0.2, 0.25) is 0 Å². The van der Waals surface area contributed by atoms with Crippen LogP contribution in [0.15, 0.2) is 22.8 Å². The minimum Gasteiger partial charge on any atom is -0.469 e. The summed E-state index contributed by atoms with van der Waals surface area (Å²) in [6.07, 6.45) is 4.10. The molecule has 16 heavy (non-hydrogen) atoms. The summed E-state index contributed by atoms with van der Waals surface area (Å²) < 4.78 is 11.1. The standard InChI is InChI=1S/C14H22O2/c1-14(2,3)13(12-5-4-8-16-12)11-6-9-15-10-7-11/h4-5,8,11,13H,6-7,9-10H2,1-3H3. The van der Waals surface area contributed by atoms with Crippen molar-refractivity contribution in [3.05, 3.63) is 24.2 Å². The molecule has 0 aromatic carbocycles. The molecule has 1 aliphatic heterocycles. The fourth-order valence-electron chi connectivity index (χ4n) is 2.88. The molecule has 2 nitrogen and oxygen atoms in total. The summed E-state index contributed by atoms with van der Waals surface area (Å²) in [5.74, 6) is 2.34. The smallest absolute Gasteiger partial charge is 0.107 e. The number of hydrogen-bond donors (Lipinski definition) is 0. The summed E-state index contributed by atoms with van der Waals surface area (Å²) in [5, 5.41) is 0. The Morgan fingerprint density at radius 1 is 1.25 bits per heavy atom. The topological polar surface area (TPSA) is 22.4 Å². The summed E-state index contributed by atoms with van der Waals surface area (Å²) in [4.78, 5) is 0. The summed E-state index contributed by atoms with van der Waals surface area (Å²) >= 11 is 0. The highest BCUT2D eigenvalue weighted by Crippen LogP contribution is 2.44. The Kier molecular flexibility index (Phi) is 3.38. The molecule has 0 radical (unpaired) electrons. The molecule has 0 saturated carbocycles. The van der Waals surface area contributed by atoms with Crippen molar-refractivity contribution in [2.45, 2.75) is 39.5 Å². The molecule has 90 valence electrons. The molecule has 2 rings (SSSR count). The second kappa shape index (κ2) is 4.62. The largest absolute Gasteiger partial charge is 0.469 e. The number of hydrogen-bond acceptors (Lipinski definition) is 2. The van der Waals surface area contributed by atoms with Gasteiger partial charge in [-0.1, -0.05) is 20.8 Å². The van der Waals surface area contributed by atoms with Crippen LogP contribution in [0.5, 0.6) is 0 Å². The Morgan fingerprint density at radius 3 is 2.44 bits per heavy atom. The first-order valence-electron chi connectivity index (χ1n) is 6.20. The van der Waals surface area contributed by atoms with Crippen LogP contribution in [0.3, 0.4) is 0 Å². The summed E-state index contributed by atoms with van der Waals surface area (Å²) in [7, 11) is 0. The molecular formula is C14H22O2. The van der Waals surface area contributed by atoms with Crippen LogP contribution < -0.4 is 0 Å². The fraction of sp³-hybridized carbons (Fsp3) is 0.714. The maximum absolute atomic E-state index is 5.63. The van der Waals surface area contributed by atoms with E-state index in [1.54, 1.807) is 6.26 Å². The molecule has 0 N–H and O–H groups in total. The zero-order valence-corrected chi connectivity index (χ0v) is 10.5. The van der Waals surface area contributed by atoms with E-state index >= 15 is 0 Å². The van der Waals surface area contributed by atoms with Gasteiger partial charge in [-0.3, -0.25) is 0 Å². The molecule has 0 spiro atoms. The van der Waals surface area contributed by atoms with Crippen LogP contribution in [-0.2, 0) is 4.74 Å². The van der Waals surface area contributed by atoms with Gasteiger partial charge in [0.1, 0.15) is 5.76 Å². The molecule has 2 heterocycles. The second-order valence-corrected chi connectivity index (χ2v) is 5.81. The highest BCUT2D eigenvalue weighted by atomic mass is 16.5. The molecule has 0 bridgehead atoms. The Labute approximate surface area is 98.0 Å². The first kappa shape index (κ1) is 11.7. The van der Waals surface area contributed by atoms with Gasteiger partial charge in [-0.25, -0.2) is 0 Å². The van der Waals surface area contributed by atoms with E-state index in [0.29, 0.717) is 11.8 Å². The summed E-state index contributed by atoms with van der Waals surface area (Å²) in [6.45, 7) is 8.71. The lowest BCUT2D eigenvalue weighted by atomic mass is 9.69. The predicted molar refractivity (Wildman–Crippen MR) is 64.4 cm³/mol. The van der Waals surface area contributed by atoms with Crippen molar-refractivity contribution in [3.63, 3.8) is 0 Å². The highest BCUT2D eigenvalue weighted by Gasteiger charge is 2.36. The molecule has 1 fully saturated rings. The molecule has 0 aliphatic carbocycles. The van der Waals surface area contributed by atoms with Crippen LogP contribution in [-0.4, -0.2) is 13.2 Å². The van der Waals surface area contributed by atoms with Gasteiger partial charge in [-0.15, -0.1) is 0 Å². The third kappa shape index (κ3) is 2.49. The van der Waals surface area contributed by atoms with E-state index in [4.69, 9.17) is 9.15 Å². The maximum Gasteiger partial charge on any atom is 0.107 e. The molecule has 1 aliphatic rings. The van der Waals surface area contributed by atoms with Gasteiger partial charge in [0.05, 0.1) is 6.26 Å². The van der Waals surface area contributed by atoms with E-state index in [9.17, 15) is 0 Å². The normalized spacial score (nSPS) is 20.9. The minimum atomic E-state index is 0.250. The van der Waals surface area contributed by atoms with Gasteiger partial charge >= 0.3 is 0 Å². The van der Waals surface area contributed by atoms with Crippen LogP contribution >= 0.6 is 0 Å². The van der Waals surface area contributed by atoms with E-state index in [1.807, 2.05) is 6.07 Å². The monoisotopic (exact) mass is 222 g/mol. The number of furan rings is 1. The fourth-order valence-corrected chi connectivity index (χ4v) is 2.88. The number of rotatable bonds is 2. The molecule has 1 aromatic heterocycles.